The van der Waals surface area contributed by atoms with Gasteiger partial charge < -0.3 is 5.11 Å². The lowest BCUT2D eigenvalue weighted by Crippen LogP contribution is -2.03. The molecule has 0 aromatic heterocycles. The van der Waals surface area contributed by atoms with Crippen molar-refractivity contribution >= 4 is 0 Å². The maximum Gasteiger partial charge on any atom is 0.0681 e. The molecule has 90 valence electrons. The number of rotatable bonds is 2. The van der Waals surface area contributed by atoms with Gasteiger partial charge in [-0.3, -0.25) is 0 Å². The van der Waals surface area contributed by atoms with Crippen LogP contribution in [0, 0.1) is 5.92 Å². The molecular formula is C15H24O. The van der Waals surface area contributed by atoms with E-state index in [1.54, 1.807) is 0 Å². The van der Waals surface area contributed by atoms with Crippen molar-refractivity contribution in [3.8, 4) is 0 Å². The van der Waals surface area contributed by atoms with Crippen molar-refractivity contribution < 1.29 is 5.11 Å². The molecule has 2 rings (SSSR count). The van der Waals surface area contributed by atoms with Crippen molar-refractivity contribution in [2.24, 2.45) is 5.92 Å². The molecule has 0 unspecified atom stereocenters. The summed E-state index contributed by atoms with van der Waals surface area (Å²) in [6, 6.07) is 9.52. The number of aliphatic hydroxyl groups excluding tert-OH is 1. The fraction of sp³-hybridized carbons (Fsp3) is 0.600. The minimum absolute atomic E-state index is 0.140. The minimum Gasteiger partial charge on any atom is -0.392 e. The lowest BCUT2D eigenvalue weighted by molar-refractivity contribution is 0.282. The van der Waals surface area contributed by atoms with E-state index in [1.807, 2.05) is 30.3 Å². The quantitative estimate of drug-likeness (QED) is 0.793. The Hall–Kier alpha value is -0.820. The van der Waals surface area contributed by atoms with Gasteiger partial charge in [0.15, 0.2) is 0 Å². The van der Waals surface area contributed by atoms with E-state index in [4.69, 9.17) is 5.11 Å². The second-order valence-electron chi connectivity index (χ2n) is 4.56. The summed E-state index contributed by atoms with van der Waals surface area (Å²) < 4.78 is 0. The van der Waals surface area contributed by atoms with Crippen LogP contribution in [-0.4, -0.2) is 5.11 Å². The van der Waals surface area contributed by atoms with Gasteiger partial charge in [-0.2, -0.15) is 0 Å². The molecule has 16 heavy (non-hydrogen) atoms. The number of benzene rings is 1. The summed E-state index contributed by atoms with van der Waals surface area (Å²) in [5.74, 6) is 1.09. The summed E-state index contributed by atoms with van der Waals surface area (Å²) in [7, 11) is 0. The molecule has 1 aliphatic rings. The maximum atomic E-state index is 8.54. The molecule has 0 amide bonds. The summed E-state index contributed by atoms with van der Waals surface area (Å²) in [6.07, 6.45) is 8.93. The molecule has 0 saturated heterocycles. The summed E-state index contributed by atoms with van der Waals surface area (Å²) in [4.78, 5) is 0. The van der Waals surface area contributed by atoms with Gasteiger partial charge in [0.05, 0.1) is 6.61 Å². The van der Waals surface area contributed by atoms with Gasteiger partial charge >= 0.3 is 0 Å². The average Bonchev–Trinajstić information content (AvgIpc) is 2.41. The van der Waals surface area contributed by atoms with Gasteiger partial charge in [-0.25, -0.2) is 0 Å². The first-order valence-electron chi connectivity index (χ1n) is 6.51. The zero-order chi connectivity index (χ0) is 11.6. The zero-order valence-corrected chi connectivity index (χ0v) is 10.4. The highest BCUT2D eigenvalue weighted by Gasteiger charge is 2.09. The third kappa shape index (κ3) is 5.32. The molecule has 1 aromatic rings. The molecule has 1 N–H and O–H groups in total. The predicted octanol–water partition coefficient (Wildman–Crippen LogP) is 4.16. The second kappa shape index (κ2) is 8.35. The molecule has 1 nitrogen and oxygen atoms in total. The highest BCUT2D eigenvalue weighted by atomic mass is 16.3. The van der Waals surface area contributed by atoms with Crippen LogP contribution in [0.15, 0.2) is 30.3 Å². The first kappa shape index (κ1) is 13.2. The lowest BCUT2D eigenvalue weighted by Gasteiger charge is -2.18. The van der Waals surface area contributed by atoms with E-state index < -0.39 is 0 Å². The van der Waals surface area contributed by atoms with Gasteiger partial charge in [0.25, 0.3) is 0 Å². The Morgan fingerprint density at radius 3 is 2.06 bits per heavy atom. The van der Waals surface area contributed by atoms with Crippen LogP contribution in [0.4, 0.5) is 0 Å². The largest absolute Gasteiger partial charge is 0.392 e. The molecule has 1 aromatic carbocycles. The smallest absolute Gasteiger partial charge is 0.0681 e. The normalized spacial score (nSPS) is 16.4. The predicted molar refractivity (Wildman–Crippen MR) is 69.2 cm³/mol. The van der Waals surface area contributed by atoms with Crippen LogP contribution in [0.1, 0.15) is 51.0 Å². The Balaban J connectivity index is 0.000000160. The number of hydrogen-bond acceptors (Lipinski definition) is 1. The van der Waals surface area contributed by atoms with Gasteiger partial charge in [0.2, 0.25) is 0 Å². The molecule has 1 heteroatoms. The van der Waals surface area contributed by atoms with E-state index in [0.717, 1.165) is 11.5 Å². The Morgan fingerprint density at radius 1 is 1.06 bits per heavy atom. The van der Waals surface area contributed by atoms with Crippen LogP contribution in [-0.2, 0) is 6.61 Å². The van der Waals surface area contributed by atoms with Gasteiger partial charge in [0.1, 0.15) is 0 Å². The molecule has 0 spiro atoms. The highest BCUT2D eigenvalue weighted by molar-refractivity contribution is 5.12. The number of hydrogen-bond donors (Lipinski definition) is 1. The molecular weight excluding hydrogens is 196 g/mol. The van der Waals surface area contributed by atoms with Crippen molar-refractivity contribution in [1.29, 1.82) is 0 Å². The minimum atomic E-state index is 0.140. The fourth-order valence-corrected chi connectivity index (χ4v) is 2.18. The van der Waals surface area contributed by atoms with Crippen molar-refractivity contribution in [3.63, 3.8) is 0 Å². The molecule has 0 aliphatic heterocycles. The molecule has 0 radical (unpaired) electrons. The van der Waals surface area contributed by atoms with Crippen molar-refractivity contribution in [2.75, 3.05) is 0 Å². The molecule has 1 saturated carbocycles. The Bertz CT molecular complexity index is 249. The van der Waals surface area contributed by atoms with Gasteiger partial charge in [0, 0.05) is 0 Å². The van der Waals surface area contributed by atoms with Crippen molar-refractivity contribution in [2.45, 2.75) is 52.1 Å². The highest BCUT2D eigenvalue weighted by Crippen LogP contribution is 2.25. The Morgan fingerprint density at radius 2 is 1.69 bits per heavy atom. The van der Waals surface area contributed by atoms with E-state index in [9.17, 15) is 0 Å². The second-order valence-corrected chi connectivity index (χ2v) is 4.56. The first-order chi connectivity index (χ1) is 7.86. The SMILES string of the molecule is CCC1CCCCC1.OCc1ccccc1. The maximum absolute atomic E-state index is 8.54. The summed E-state index contributed by atoms with van der Waals surface area (Å²) >= 11 is 0. The number of aliphatic hydroxyl groups is 1. The molecule has 0 atom stereocenters. The van der Waals surface area contributed by atoms with E-state index in [2.05, 4.69) is 6.92 Å². The van der Waals surface area contributed by atoms with Gasteiger partial charge in [-0.15, -0.1) is 0 Å². The summed E-state index contributed by atoms with van der Waals surface area (Å²) in [6.45, 7) is 2.46. The van der Waals surface area contributed by atoms with Crippen LogP contribution < -0.4 is 0 Å². The van der Waals surface area contributed by atoms with E-state index in [0.29, 0.717) is 0 Å². The van der Waals surface area contributed by atoms with Crippen LogP contribution in [0.25, 0.3) is 0 Å². The molecule has 1 aliphatic carbocycles. The van der Waals surface area contributed by atoms with Gasteiger partial charge in [-0.05, 0) is 11.5 Å². The Labute approximate surface area is 99.5 Å². The van der Waals surface area contributed by atoms with E-state index in [1.165, 1.54) is 38.5 Å². The lowest BCUT2D eigenvalue weighted by atomic mass is 9.88. The third-order valence-electron chi connectivity index (χ3n) is 3.33. The first-order valence-corrected chi connectivity index (χ1v) is 6.51. The van der Waals surface area contributed by atoms with E-state index in [-0.39, 0.29) is 6.61 Å². The van der Waals surface area contributed by atoms with Crippen molar-refractivity contribution in [3.05, 3.63) is 35.9 Å². The monoisotopic (exact) mass is 220 g/mol. The van der Waals surface area contributed by atoms with Crippen molar-refractivity contribution in [1.82, 2.24) is 0 Å². The van der Waals surface area contributed by atoms with Crippen LogP contribution in [0.2, 0.25) is 0 Å². The van der Waals surface area contributed by atoms with Gasteiger partial charge in [-0.1, -0.05) is 75.8 Å². The fourth-order valence-electron chi connectivity index (χ4n) is 2.18. The van der Waals surface area contributed by atoms with Crippen LogP contribution in [0.5, 0.6) is 0 Å². The van der Waals surface area contributed by atoms with Crippen LogP contribution in [0.3, 0.4) is 0 Å². The topological polar surface area (TPSA) is 20.2 Å². The standard InChI is InChI=1S/C8H16.C7H8O/c1-2-8-6-4-3-5-7-8;8-6-7-4-2-1-3-5-7/h8H,2-7H2,1H3;1-5,8H,6H2. The molecule has 0 bridgehead atoms. The zero-order valence-electron chi connectivity index (χ0n) is 10.4. The van der Waals surface area contributed by atoms with E-state index >= 15 is 0 Å². The average molecular weight is 220 g/mol. The van der Waals surface area contributed by atoms with Crippen LogP contribution >= 0.6 is 0 Å². The third-order valence-corrected chi connectivity index (χ3v) is 3.33. The summed E-state index contributed by atoms with van der Waals surface area (Å²) in [5.41, 5.74) is 0.965. The Kier molecular flexibility index (Phi) is 6.91. The molecule has 0 heterocycles. The summed E-state index contributed by atoms with van der Waals surface area (Å²) in [5, 5.41) is 8.54. The molecule has 1 fully saturated rings.